The zero-order valence-electron chi connectivity index (χ0n) is 15.4. The quantitative estimate of drug-likeness (QED) is 0.400. The van der Waals surface area contributed by atoms with Gasteiger partial charge in [-0.3, -0.25) is 4.90 Å². The third-order valence-corrected chi connectivity index (χ3v) is 4.41. The van der Waals surface area contributed by atoms with Crippen LogP contribution in [0.1, 0.15) is 23.9 Å². The second kappa shape index (κ2) is 10.2. The Balaban J connectivity index is 0.00000288. The fraction of sp³-hybridized carbons (Fsp3) is 0.750. The van der Waals surface area contributed by atoms with Crippen LogP contribution < -0.4 is 10.6 Å². The van der Waals surface area contributed by atoms with Gasteiger partial charge in [-0.2, -0.15) is 0 Å². The Morgan fingerprint density at radius 1 is 1.29 bits per heavy atom. The second-order valence-corrected chi connectivity index (χ2v) is 6.28. The van der Waals surface area contributed by atoms with Crippen molar-refractivity contribution in [3.63, 3.8) is 0 Å². The molecule has 8 heteroatoms. The molecule has 0 aliphatic carbocycles. The molecule has 1 aromatic rings. The van der Waals surface area contributed by atoms with Gasteiger partial charge in [-0.25, -0.2) is 4.99 Å². The molecule has 1 aliphatic rings. The molecule has 2 rings (SSSR count). The highest BCUT2D eigenvalue weighted by molar-refractivity contribution is 14.0. The lowest BCUT2D eigenvalue weighted by atomic mass is 10.2. The van der Waals surface area contributed by atoms with Crippen molar-refractivity contribution < 1.29 is 4.52 Å². The first-order chi connectivity index (χ1) is 11.0. The predicted molar refractivity (Wildman–Crippen MR) is 108 cm³/mol. The molecule has 1 unspecified atom stereocenters. The van der Waals surface area contributed by atoms with Gasteiger partial charge < -0.3 is 20.1 Å². The van der Waals surface area contributed by atoms with Gasteiger partial charge in [-0.1, -0.05) is 5.16 Å². The highest BCUT2D eigenvalue weighted by Gasteiger charge is 2.22. The number of aromatic nitrogens is 1. The molecule has 24 heavy (non-hydrogen) atoms. The van der Waals surface area contributed by atoms with E-state index in [1.165, 1.54) is 0 Å². The number of guanidine groups is 1. The van der Waals surface area contributed by atoms with Crippen molar-refractivity contribution in [2.75, 3.05) is 46.8 Å². The molecule has 1 atom stereocenters. The molecule has 1 fully saturated rings. The van der Waals surface area contributed by atoms with Crippen molar-refractivity contribution in [1.29, 1.82) is 0 Å². The molecule has 7 nitrogen and oxygen atoms in total. The SMILES string of the molecule is CCNC(=NCc1c(C)noc1C)NCC1CN(C)CCN1C.I. The van der Waals surface area contributed by atoms with E-state index in [-0.39, 0.29) is 24.0 Å². The molecular weight excluding hydrogens is 419 g/mol. The van der Waals surface area contributed by atoms with Crippen molar-refractivity contribution >= 4 is 29.9 Å². The van der Waals surface area contributed by atoms with Crippen LogP contribution in [0.15, 0.2) is 9.52 Å². The van der Waals surface area contributed by atoms with E-state index in [4.69, 9.17) is 4.52 Å². The molecule has 0 bridgehead atoms. The number of rotatable bonds is 5. The van der Waals surface area contributed by atoms with Crippen LogP contribution in [0.5, 0.6) is 0 Å². The van der Waals surface area contributed by atoms with E-state index < -0.39 is 0 Å². The smallest absolute Gasteiger partial charge is 0.191 e. The van der Waals surface area contributed by atoms with Crippen LogP contribution in [-0.4, -0.2) is 73.8 Å². The molecule has 0 aromatic carbocycles. The molecule has 1 aliphatic heterocycles. The maximum absolute atomic E-state index is 5.20. The van der Waals surface area contributed by atoms with Gasteiger partial charge in [0.2, 0.25) is 0 Å². The monoisotopic (exact) mass is 450 g/mol. The van der Waals surface area contributed by atoms with Crippen LogP contribution in [0, 0.1) is 13.8 Å². The summed E-state index contributed by atoms with van der Waals surface area (Å²) < 4.78 is 5.20. The van der Waals surface area contributed by atoms with Crippen LogP contribution in [-0.2, 0) is 6.54 Å². The standard InChI is InChI=1S/C16H30N6O.HI/c1-6-17-16(19-10-15-12(2)20-23-13(15)3)18-9-14-11-21(4)7-8-22(14)5;/h14H,6-11H2,1-5H3,(H2,17,18,19);1H. The van der Waals surface area contributed by atoms with Crippen molar-refractivity contribution in [1.82, 2.24) is 25.6 Å². The lowest BCUT2D eigenvalue weighted by Gasteiger charge is -2.37. The first-order valence-electron chi connectivity index (χ1n) is 8.34. The van der Waals surface area contributed by atoms with Gasteiger partial charge >= 0.3 is 0 Å². The summed E-state index contributed by atoms with van der Waals surface area (Å²) >= 11 is 0. The van der Waals surface area contributed by atoms with Gasteiger partial charge in [0.05, 0.1) is 12.2 Å². The summed E-state index contributed by atoms with van der Waals surface area (Å²) in [5.41, 5.74) is 1.98. The number of nitrogens with one attached hydrogen (secondary N) is 2. The topological polar surface area (TPSA) is 68.9 Å². The van der Waals surface area contributed by atoms with E-state index in [0.29, 0.717) is 12.6 Å². The van der Waals surface area contributed by atoms with Crippen molar-refractivity contribution in [3.05, 3.63) is 17.0 Å². The number of piperazine rings is 1. The lowest BCUT2D eigenvalue weighted by molar-refractivity contribution is 0.116. The minimum absolute atomic E-state index is 0. The van der Waals surface area contributed by atoms with Crippen LogP contribution >= 0.6 is 24.0 Å². The zero-order valence-corrected chi connectivity index (χ0v) is 17.8. The first-order valence-corrected chi connectivity index (χ1v) is 8.34. The van der Waals surface area contributed by atoms with Crippen molar-refractivity contribution in [3.8, 4) is 0 Å². The molecule has 0 radical (unpaired) electrons. The number of aryl methyl sites for hydroxylation is 2. The lowest BCUT2D eigenvalue weighted by Crippen LogP contribution is -2.55. The Hall–Kier alpha value is -0.870. The molecule has 1 saturated heterocycles. The molecule has 1 aromatic heterocycles. The number of nitrogens with zero attached hydrogens (tertiary/aromatic N) is 4. The van der Waals surface area contributed by atoms with Gasteiger partial charge in [0.1, 0.15) is 5.76 Å². The van der Waals surface area contributed by atoms with Crippen molar-refractivity contribution in [2.45, 2.75) is 33.4 Å². The third-order valence-electron chi connectivity index (χ3n) is 4.41. The Morgan fingerprint density at radius 3 is 2.67 bits per heavy atom. The zero-order chi connectivity index (χ0) is 16.8. The Kier molecular flexibility index (Phi) is 8.99. The largest absolute Gasteiger partial charge is 0.361 e. The van der Waals surface area contributed by atoms with Gasteiger partial charge in [-0.15, -0.1) is 24.0 Å². The molecule has 0 saturated carbocycles. The second-order valence-electron chi connectivity index (χ2n) is 6.28. The minimum Gasteiger partial charge on any atom is -0.361 e. The summed E-state index contributed by atoms with van der Waals surface area (Å²) in [6, 6.07) is 0.497. The highest BCUT2D eigenvalue weighted by Crippen LogP contribution is 2.13. The molecule has 138 valence electrons. The van der Waals surface area contributed by atoms with E-state index in [2.05, 4.69) is 51.6 Å². The number of likely N-dealkylation sites (N-methyl/N-ethyl adjacent to an activating group) is 2. The Bertz CT molecular complexity index is 513. The minimum atomic E-state index is 0. The molecular formula is C16H31IN6O. The summed E-state index contributed by atoms with van der Waals surface area (Å²) in [7, 11) is 4.37. The maximum atomic E-state index is 5.20. The number of aliphatic imine (C=N–C) groups is 1. The average Bonchev–Trinajstić information content (AvgIpc) is 2.84. The molecule has 2 N–H and O–H groups in total. The summed E-state index contributed by atoms with van der Waals surface area (Å²) in [4.78, 5) is 9.45. The van der Waals surface area contributed by atoms with Crippen LogP contribution in [0.25, 0.3) is 0 Å². The highest BCUT2D eigenvalue weighted by atomic mass is 127. The number of hydrogen-bond acceptors (Lipinski definition) is 5. The summed E-state index contributed by atoms with van der Waals surface area (Å²) in [6.45, 7) is 11.6. The summed E-state index contributed by atoms with van der Waals surface area (Å²) in [5, 5.41) is 10.7. The summed E-state index contributed by atoms with van der Waals surface area (Å²) in [6.07, 6.45) is 0. The normalized spacial score (nSPS) is 19.9. The Labute approximate surface area is 162 Å². The fourth-order valence-electron chi connectivity index (χ4n) is 2.76. The fourth-order valence-corrected chi connectivity index (χ4v) is 2.76. The number of halogens is 1. The third kappa shape index (κ3) is 5.89. The van der Waals surface area contributed by atoms with E-state index in [1.807, 2.05) is 13.8 Å². The van der Waals surface area contributed by atoms with Crippen LogP contribution in [0.4, 0.5) is 0 Å². The number of hydrogen-bond donors (Lipinski definition) is 2. The van der Waals surface area contributed by atoms with E-state index in [1.54, 1.807) is 0 Å². The van der Waals surface area contributed by atoms with Crippen molar-refractivity contribution in [2.24, 2.45) is 4.99 Å². The maximum Gasteiger partial charge on any atom is 0.191 e. The van der Waals surface area contributed by atoms with E-state index >= 15 is 0 Å². The summed E-state index contributed by atoms with van der Waals surface area (Å²) in [5.74, 6) is 1.69. The van der Waals surface area contributed by atoms with Gasteiger partial charge in [-0.05, 0) is 34.9 Å². The van der Waals surface area contributed by atoms with Crippen LogP contribution in [0.2, 0.25) is 0 Å². The molecule has 0 spiro atoms. The average molecular weight is 450 g/mol. The van der Waals surface area contributed by atoms with Crippen LogP contribution in [0.3, 0.4) is 0 Å². The van der Waals surface area contributed by atoms with Gasteiger partial charge in [0.25, 0.3) is 0 Å². The van der Waals surface area contributed by atoms with E-state index in [9.17, 15) is 0 Å². The molecule has 0 amide bonds. The van der Waals surface area contributed by atoms with Gasteiger partial charge in [0.15, 0.2) is 5.96 Å². The molecule has 2 heterocycles. The van der Waals surface area contributed by atoms with Gasteiger partial charge in [0, 0.05) is 44.3 Å². The first kappa shape index (κ1) is 21.2. The van der Waals surface area contributed by atoms with E-state index in [0.717, 1.165) is 55.7 Å². The predicted octanol–water partition coefficient (Wildman–Crippen LogP) is 1.21. The Morgan fingerprint density at radius 2 is 2.04 bits per heavy atom.